The Hall–Kier alpha value is -1.45. The van der Waals surface area contributed by atoms with E-state index in [-0.39, 0.29) is 0 Å². The lowest BCUT2D eigenvalue weighted by atomic mass is 9.89. The summed E-state index contributed by atoms with van der Waals surface area (Å²) in [5, 5.41) is 38.9. The Morgan fingerprint density at radius 3 is 2.32 bits per heavy atom. The highest BCUT2D eigenvalue weighted by molar-refractivity contribution is 7.83. The molecule has 31 heavy (non-hydrogen) atoms. The Labute approximate surface area is 175 Å². The number of rotatable bonds is 8. The minimum absolute atomic E-state index is 0.693. The van der Waals surface area contributed by atoms with E-state index in [4.69, 9.17) is 28.4 Å². The van der Waals surface area contributed by atoms with Crippen molar-refractivity contribution in [1.82, 2.24) is 4.72 Å². The Kier molecular flexibility index (Phi) is 7.98. The van der Waals surface area contributed by atoms with Gasteiger partial charge in [-0.05, 0) is 6.08 Å². The van der Waals surface area contributed by atoms with Crippen molar-refractivity contribution in [3.8, 4) is 0 Å². The number of nitrogens with one attached hydrogen (secondary N) is 1. The van der Waals surface area contributed by atoms with Gasteiger partial charge in [0.1, 0.15) is 18.3 Å². The molecule has 0 saturated carbocycles. The lowest BCUT2D eigenvalue weighted by molar-refractivity contribution is -0.294. The van der Waals surface area contributed by atoms with Crippen LogP contribution < -0.4 is 4.72 Å². The first-order valence-corrected chi connectivity index (χ1v) is 11.2. The average Bonchev–Trinajstić information content (AvgIpc) is 2.61. The third-order valence-electron chi connectivity index (χ3n) is 4.43. The van der Waals surface area contributed by atoms with Crippen molar-refractivity contribution in [3.63, 3.8) is 0 Å². The van der Waals surface area contributed by atoms with Crippen LogP contribution in [0.15, 0.2) is 11.8 Å². The maximum absolute atomic E-state index is 11.2. The minimum atomic E-state index is -4.97. The smallest absolute Gasteiger partial charge is 0.397 e. The predicted molar refractivity (Wildman–Crippen MR) is 93.5 cm³/mol. The van der Waals surface area contributed by atoms with E-state index >= 15 is 0 Å². The molecule has 2 rings (SSSR count). The normalized spacial score (nSPS) is 37.0. The first-order valence-electron chi connectivity index (χ1n) is 8.42. The SMILES string of the molecule is C[C@@H]1C(NS(=O)(=O)O)C(O)OC(COS(=O)(=O)O)[C@H]1O[C@@H]1OC(C(=O)O)=C[C@H](O)C1O. The molecule has 2 heterocycles. The summed E-state index contributed by atoms with van der Waals surface area (Å²) in [7, 11) is -9.83. The molecule has 8 atom stereocenters. The average molecular weight is 495 g/mol. The van der Waals surface area contributed by atoms with Gasteiger partial charge in [0.05, 0.1) is 18.8 Å². The summed E-state index contributed by atoms with van der Waals surface area (Å²) in [5.74, 6) is -3.56. The van der Waals surface area contributed by atoms with Crippen LogP contribution in [0.5, 0.6) is 0 Å². The number of aliphatic carboxylic acids is 1. The molecule has 4 unspecified atom stereocenters. The lowest BCUT2D eigenvalue weighted by Crippen LogP contribution is -2.62. The van der Waals surface area contributed by atoms with E-state index in [9.17, 15) is 36.9 Å². The van der Waals surface area contributed by atoms with E-state index in [0.717, 1.165) is 0 Å². The zero-order chi connectivity index (χ0) is 23.7. The monoisotopic (exact) mass is 495 g/mol. The van der Waals surface area contributed by atoms with Crippen molar-refractivity contribution >= 4 is 26.7 Å². The Morgan fingerprint density at radius 1 is 1.19 bits per heavy atom. The fourth-order valence-corrected chi connectivity index (χ4v) is 3.99. The predicted octanol–water partition coefficient (Wildman–Crippen LogP) is -3.65. The van der Waals surface area contributed by atoms with E-state index in [1.807, 2.05) is 0 Å². The zero-order valence-electron chi connectivity index (χ0n) is 15.6. The van der Waals surface area contributed by atoms with Gasteiger partial charge in [0.15, 0.2) is 6.29 Å². The van der Waals surface area contributed by atoms with Crippen molar-refractivity contribution in [2.24, 2.45) is 5.92 Å². The van der Waals surface area contributed by atoms with Gasteiger partial charge in [-0.2, -0.15) is 21.6 Å². The number of hydrogen-bond acceptors (Lipinski definition) is 12. The van der Waals surface area contributed by atoms with Crippen LogP contribution in [0.3, 0.4) is 0 Å². The molecule has 18 heteroatoms. The van der Waals surface area contributed by atoms with E-state index < -0.39 is 88.0 Å². The molecule has 0 bridgehead atoms. The molecule has 0 spiro atoms. The molecule has 0 radical (unpaired) electrons. The first kappa shape index (κ1) is 25.8. The fourth-order valence-electron chi connectivity index (χ4n) is 3.01. The molecular formula is C13H21NO15S2. The zero-order valence-corrected chi connectivity index (χ0v) is 17.2. The third-order valence-corrected chi connectivity index (χ3v) is 5.44. The standard InChI is InChI=1S/C13H21NO15S2/c1-4-8(14-30(20,21)22)12(19)27-7(3-26-31(23,24)25)10(4)29-13-9(16)5(15)2-6(28-13)11(17)18/h2,4-5,7-10,12-16,19H,3H2,1H3,(H,17,18)(H,20,21,22)(H,23,24,25)/t4-,5+,7?,8?,9?,10+,12?,13+/m1/s1. The summed E-state index contributed by atoms with van der Waals surface area (Å²) in [6.45, 7) is 0.301. The summed E-state index contributed by atoms with van der Waals surface area (Å²) in [5.41, 5.74) is 0. The van der Waals surface area contributed by atoms with Gasteiger partial charge in [-0.25, -0.2) is 8.98 Å². The minimum Gasteiger partial charge on any atom is -0.475 e. The number of carbonyl (C=O) groups is 1. The van der Waals surface area contributed by atoms with Crippen LogP contribution in [0.25, 0.3) is 0 Å². The molecular weight excluding hydrogens is 474 g/mol. The van der Waals surface area contributed by atoms with Crippen molar-refractivity contribution in [2.45, 2.75) is 50.0 Å². The van der Waals surface area contributed by atoms with Gasteiger partial charge in [0, 0.05) is 5.92 Å². The molecule has 7 N–H and O–H groups in total. The highest BCUT2D eigenvalue weighted by Gasteiger charge is 2.48. The first-order chi connectivity index (χ1) is 14.1. The molecule has 0 aromatic heterocycles. The maximum atomic E-state index is 11.2. The summed E-state index contributed by atoms with van der Waals surface area (Å²) in [6, 6.07) is -1.57. The molecule has 180 valence electrons. The molecule has 0 aromatic rings. The summed E-state index contributed by atoms with van der Waals surface area (Å²) < 4.78 is 83.2. The summed E-state index contributed by atoms with van der Waals surface area (Å²) >= 11 is 0. The Balaban J connectivity index is 2.31. The highest BCUT2D eigenvalue weighted by atomic mass is 32.3. The molecule has 1 saturated heterocycles. The molecule has 16 nitrogen and oxygen atoms in total. The van der Waals surface area contributed by atoms with Gasteiger partial charge in [0.2, 0.25) is 12.0 Å². The Bertz CT molecular complexity index is 900. The molecule has 0 aromatic carbocycles. The fraction of sp³-hybridized carbons (Fsp3) is 0.769. The van der Waals surface area contributed by atoms with Crippen LogP contribution in [0.4, 0.5) is 0 Å². The van der Waals surface area contributed by atoms with E-state index in [0.29, 0.717) is 6.08 Å². The second kappa shape index (κ2) is 9.58. The van der Waals surface area contributed by atoms with Gasteiger partial charge in [-0.1, -0.05) is 6.92 Å². The summed E-state index contributed by atoms with van der Waals surface area (Å²) in [6.07, 6.45) is -9.74. The maximum Gasteiger partial charge on any atom is 0.397 e. The second-order valence-corrected chi connectivity index (χ2v) is 8.94. The molecule has 1 fully saturated rings. The van der Waals surface area contributed by atoms with Crippen LogP contribution in [-0.2, 0) is 43.9 Å². The number of ether oxygens (including phenoxy) is 3. The largest absolute Gasteiger partial charge is 0.475 e. The number of aliphatic hydroxyl groups excluding tert-OH is 3. The third kappa shape index (κ3) is 7.02. The van der Waals surface area contributed by atoms with Crippen LogP contribution in [0.2, 0.25) is 0 Å². The van der Waals surface area contributed by atoms with Crippen molar-refractivity contribution in [2.75, 3.05) is 6.61 Å². The number of carboxylic acids is 1. The van der Waals surface area contributed by atoms with E-state index in [2.05, 4.69) is 4.18 Å². The van der Waals surface area contributed by atoms with E-state index in [1.54, 1.807) is 4.72 Å². The highest BCUT2D eigenvalue weighted by Crippen LogP contribution is 2.31. The summed E-state index contributed by atoms with van der Waals surface area (Å²) in [4.78, 5) is 11.1. The molecule has 2 aliphatic heterocycles. The van der Waals surface area contributed by atoms with Gasteiger partial charge in [-0.3, -0.25) is 9.11 Å². The van der Waals surface area contributed by atoms with Gasteiger partial charge >= 0.3 is 26.7 Å². The van der Waals surface area contributed by atoms with Crippen molar-refractivity contribution in [3.05, 3.63) is 11.8 Å². The van der Waals surface area contributed by atoms with Gasteiger partial charge in [-0.15, -0.1) is 0 Å². The van der Waals surface area contributed by atoms with Gasteiger partial charge in [0.25, 0.3) is 0 Å². The van der Waals surface area contributed by atoms with Crippen LogP contribution in [-0.4, -0.2) is 102 Å². The van der Waals surface area contributed by atoms with Crippen LogP contribution >= 0.6 is 0 Å². The Morgan fingerprint density at radius 2 is 1.81 bits per heavy atom. The van der Waals surface area contributed by atoms with Crippen molar-refractivity contribution in [1.29, 1.82) is 0 Å². The quantitative estimate of drug-likeness (QED) is 0.160. The van der Waals surface area contributed by atoms with E-state index in [1.165, 1.54) is 6.92 Å². The molecule has 0 amide bonds. The lowest BCUT2D eigenvalue weighted by Gasteiger charge is -2.45. The molecule has 0 aliphatic carbocycles. The number of hydrogen-bond donors (Lipinski definition) is 7. The number of aliphatic hydroxyl groups is 3. The van der Waals surface area contributed by atoms with Crippen molar-refractivity contribution < 1.29 is 69.6 Å². The van der Waals surface area contributed by atoms with Crippen LogP contribution in [0, 0.1) is 5.92 Å². The van der Waals surface area contributed by atoms with Crippen LogP contribution in [0.1, 0.15) is 6.92 Å². The molecule has 2 aliphatic rings. The topological polar surface area (TPSA) is 256 Å². The number of carboxylic acid groups (broad SMARTS) is 1. The second-order valence-electron chi connectivity index (χ2n) is 6.66. The van der Waals surface area contributed by atoms with Gasteiger partial charge < -0.3 is 34.6 Å².